The van der Waals surface area contributed by atoms with Crippen molar-refractivity contribution < 1.29 is 18.7 Å². The second-order valence-corrected chi connectivity index (χ2v) is 4.87. The lowest BCUT2D eigenvalue weighted by Gasteiger charge is -2.24. The van der Waals surface area contributed by atoms with Crippen LogP contribution in [0.15, 0.2) is 24.3 Å². The number of esters is 1. The van der Waals surface area contributed by atoms with Crippen LogP contribution in [0, 0.1) is 11.7 Å². The maximum atomic E-state index is 12.9. The molecule has 0 N–H and O–H groups in total. The van der Waals surface area contributed by atoms with Gasteiger partial charge in [-0.2, -0.15) is 0 Å². The van der Waals surface area contributed by atoms with Crippen LogP contribution in [0.1, 0.15) is 25.8 Å². The number of rotatable bonds is 6. The quantitative estimate of drug-likeness (QED) is 0.752. The Hall–Kier alpha value is -1.91. The first-order valence-electron chi connectivity index (χ1n) is 6.54. The number of carbonyl (C=O) groups is 2. The van der Waals surface area contributed by atoms with Gasteiger partial charge in [0.1, 0.15) is 5.82 Å². The molecule has 0 heterocycles. The van der Waals surface area contributed by atoms with E-state index in [2.05, 4.69) is 4.74 Å². The first-order chi connectivity index (χ1) is 9.43. The predicted molar refractivity (Wildman–Crippen MR) is 73.3 cm³/mol. The Morgan fingerprint density at radius 2 is 1.85 bits per heavy atom. The number of methoxy groups -OCH3 is 1. The maximum Gasteiger partial charge on any atom is 0.307 e. The highest BCUT2D eigenvalue weighted by molar-refractivity contribution is 5.79. The minimum atomic E-state index is -0.356. The number of carbonyl (C=O) groups excluding carboxylic acids is 2. The van der Waals surface area contributed by atoms with Gasteiger partial charge >= 0.3 is 5.97 Å². The molecule has 0 spiro atoms. The first kappa shape index (κ1) is 16.1. The number of nitrogens with zero attached hydrogens (tertiary/aromatic N) is 1. The van der Waals surface area contributed by atoms with Crippen molar-refractivity contribution in [3.8, 4) is 0 Å². The molecule has 5 heteroatoms. The molecule has 110 valence electrons. The topological polar surface area (TPSA) is 46.6 Å². The number of hydrogen-bond acceptors (Lipinski definition) is 3. The van der Waals surface area contributed by atoms with E-state index in [9.17, 15) is 14.0 Å². The van der Waals surface area contributed by atoms with E-state index >= 15 is 0 Å². The smallest absolute Gasteiger partial charge is 0.307 e. The van der Waals surface area contributed by atoms with Gasteiger partial charge in [0.2, 0.25) is 5.91 Å². The number of ether oxygens (including phenoxy) is 1. The number of amides is 1. The minimum Gasteiger partial charge on any atom is -0.469 e. The normalized spacial score (nSPS) is 10.4. The Balaban J connectivity index is 2.74. The van der Waals surface area contributed by atoms with Gasteiger partial charge in [-0.05, 0) is 17.7 Å². The summed E-state index contributed by atoms with van der Waals surface area (Å²) >= 11 is 0. The summed E-state index contributed by atoms with van der Waals surface area (Å²) in [6, 6.07) is 5.98. The monoisotopic (exact) mass is 281 g/mol. The maximum absolute atomic E-state index is 12.9. The van der Waals surface area contributed by atoms with Crippen molar-refractivity contribution in [2.45, 2.75) is 26.8 Å². The van der Waals surface area contributed by atoms with E-state index in [1.54, 1.807) is 30.9 Å². The summed E-state index contributed by atoms with van der Waals surface area (Å²) in [5.74, 6) is -0.873. The molecule has 0 saturated heterocycles. The fraction of sp³-hybridized carbons (Fsp3) is 0.467. The van der Waals surface area contributed by atoms with Gasteiger partial charge in [0.25, 0.3) is 0 Å². The summed E-state index contributed by atoms with van der Waals surface area (Å²) in [6.45, 7) is 4.26. The van der Waals surface area contributed by atoms with Crippen LogP contribution >= 0.6 is 0 Å². The van der Waals surface area contributed by atoms with Gasteiger partial charge in [-0.15, -0.1) is 0 Å². The molecule has 0 bridgehead atoms. The Morgan fingerprint density at radius 3 is 2.35 bits per heavy atom. The highest BCUT2D eigenvalue weighted by Gasteiger charge is 2.18. The predicted octanol–water partition coefficient (Wildman–Crippen LogP) is 2.37. The average Bonchev–Trinajstić information content (AvgIpc) is 2.44. The van der Waals surface area contributed by atoms with E-state index in [1.165, 1.54) is 19.2 Å². The zero-order valence-electron chi connectivity index (χ0n) is 12.1. The summed E-state index contributed by atoms with van der Waals surface area (Å²) in [5, 5.41) is 0. The molecule has 4 nitrogen and oxygen atoms in total. The Bertz CT molecular complexity index is 457. The molecule has 1 aromatic rings. The van der Waals surface area contributed by atoms with Gasteiger partial charge in [-0.3, -0.25) is 9.59 Å². The molecular formula is C15H20FNO3. The molecule has 0 aromatic heterocycles. The highest BCUT2D eigenvalue weighted by Crippen LogP contribution is 2.11. The summed E-state index contributed by atoms with van der Waals surface area (Å²) in [7, 11) is 1.32. The fourth-order valence-corrected chi connectivity index (χ4v) is 1.77. The van der Waals surface area contributed by atoms with Crippen LogP contribution in [-0.4, -0.2) is 30.4 Å². The molecule has 0 radical (unpaired) electrons. The van der Waals surface area contributed by atoms with Crippen LogP contribution in [-0.2, 0) is 20.9 Å². The van der Waals surface area contributed by atoms with E-state index in [1.807, 2.05) is 0 Å². The van der Waals surface area contributed by atoms with Crippen molar-refractivity contribution >= 4 is 11.9 Å². The lowest BCUT2D eigenvalue weighted by atomic mass is 10.1. The molecule has 0 aliphatic heterocycles. The standard InChI is InChI=1S/C15H20FNO3/c1-11(2)15(19)17(9-8-14(18)20-3)10-12-4-6-13(16)7-5-12/h4-7,11H,8-10H2,1-3H3. The van der Waals surface area contributed by atoms with E-state index in [0.29, 0.717) is 13.1 Å². The Kier molecular flexibility index (Phi) is 6.15. The summed E-state index contributed by atoms with van der Waals surface area (Å²) in [5.41, 5.74) is 0.824. The van der Waals surface area contributed by atoms with Gasteiger partial charge in [-0.25, -0.2) is 4.39 Å². The van der Waals surface area contributed by atoms with E-state index in [4.69, 9.17) is 0 Å². The third-order valence-electron chi connectivity index (χ3n) is 2.91. The van der Waals surface area contributed by atoms with Crippen molar-refractivity contribution in [1.29, 1.82) is 0 Å². The number of benzene rings is 1. The third kappa shape index (κ3) is 4.99. The van der Waals surface area contributed by atoms with Crippen molar-refractivity contribution in [2.75, 3.05) is 13.7 Å². The number of hydrogen-bond donors (Lipinski definition) is 0. The molecular weight excluding hydrogens is 261 g/mol. The van der Waals surface area contributed by atoms with Crippen LogP contribution in [0.25, 0.3) is 0 Å². The zero-order chi connectivity index (χ0) is 15.1. The molecule has 1 amide bonds. The Morgan fingerprint density at radius 1 is 1.25 bits per heavy atom. The molecule has 0 atom stereocenters. The van der Waals surface area contributed by atoms with Crippen LogP contribution in [0.3, 0.4) is 0 Å². The second kappa shape index (κ2) is 7.62. The summed E-state index contributed by atoms with van der Waals surface area (Å²) in [6.07, 6.45) is 0.149. The summed E-state index contributed by atoms with van der Waals surface area (Å²) < 4.78 is 17.4. The summed E-state index contributed by atoms with van der Waals surface area (Å²) in [4.78, 5) is 24.9. The molecule has 0 saturated carbocycles. The van der Waals surface area contributed by atoms with E-state index in [-0.39, 0.29) is 30.0 Å². The highest BCUT2D eigenvalue weighted by atomic mass is 19.1. The van der Waals surface area contributed by atoms with Gasteiger partial charge in [0, 0.05) is 19.0 Å². The van der Waals surface area contributed by atoms with Gasteiger partial charge in [0.05, 0.1) is 13.5 Å². The molecule has 20 heavy (non-hydrogen) atoms. The minimum absolute atomic E-state index is 0.0433. The second-order valence-electron chi connectivity index (χ2n) is 4.87. The first-order valence-corrected chi connectivity index (χ1v) is 6.54. The molecule has 0 aliphatic carbocycles. The lowest BCUT2D eigenvalue weighted by Crippen LogP contribution is -2.35. The molecule has 0 unspecified atom stereocenters. The van der Waals surface area contributed by atoms with Gasteiger partial charge in [-0.1, -0.05) is 26.0 Å². The molecule has 1 aromatic carbocycles. The number of halogens is 1. The van der Waals surface area contributed by atoms with E-state index < -0.39 is 0 Å². The van der Waals surface area contributed by atoms with Crippen molar-refractivity contribution in [3.05, 3.63) is 35.6 Å². The van der Waals surface area contributed by atoms with Crippen LogP contribution < -0.4 is 0 Å². The van der Waals surface area contributed by atoms with Crippen LogP contribution in [0.2, 0.25) is 0 Å². The fourth-order valence-electron chi connectivity index (χ4n) is 1.77. The molecule has 0 fully saturated rings. The van der Waals surface area contributed by atoms with Crippen molar-refractivity contribution in [2.24, 2.45) is 5.92 Å². The van der Waals surface area contributed by atoms with E-state index in [0.717, 1.165) is 5.56 Å². The zero-order valence-corrected chi connectivity index (χ0v) is 12.1. The largest absolute Gasteiger partial charge is 0.469 e. The lowest BCUT2D eigenvalue weighted by molar-refractivity contribution is -0.142. The SMILES string of the molecule is COC(=O)CCN(Cc1ccc(F)cc1)C(=O)C(C)C. The van der Waals surface area contributed by atoms with Crippen molar-refractivity contribution in [1.82, 2.24) is 4.90 Å². The third-order valence-corrected chi connectivity index (χ3v) is 2.91. The molecule has 0 aliphatic rings. The average molecular weight is 281 g/mol. The van der Waals surface area contributed by atoms with Gasteiger partial charge < -0.3 is 9.64 Å². The molecule has 1 rings (SSSR count). The Labute approximate surface area is 118 Å². The van der Waals surface area contributed by atoms with Crippen LogP contribution in [0.5, 0.6) is 0 Å². The van der Waals surface area contributed by atoms with Gasteiger partial charge in [0.15, 0.2) is 0 Å². The van der Waals surface area contributed by atoms with Crippen LogP contribution in [0.4, 0.5) is 4.39 Å². The van der Waals surface area contributed by atoms with Crippen molar-refractivity contribution in [3.63, 3.8) is 0 Å².